The Balaban J connectivity index is 1.62. The minimum absolute atomic E-state index is 0.141. The molecule has 0 atom stereocenters. The predicted molar refractivity (Wildman–Crippen MR) is 111 cm³/mol. The Morgan fingerprint density at radius 3 is 2.37 bits per heavy atom. The summed E-state index contributed by atoms with van der Waals surface area (Å²) in [6.07, 6.45) is 1.50. The summed E-state index contributed by atoms with van der Waals surface area (Å²) in [6, 6.07) is 14.9. The quantitative estimate of drug-likeness (QED) is 0.557. The molecule has 0 unspecified atom stereocenters. The third-order valence-electron chi connectivity index (χ3n) is 3.83. The summed E-state index contributed by atoms with van der Waals surface area (Å²) in [4.78, 5) is 11.9. The number of hydrogen-bond acceptors (Lipinski definition) is 4. The molecule has 0 aliphatic heterocycles. The number of ether oxygens (including phenoxy) is 1. The summed E-state index contributed by atoms with van der Waals surface area (Å²) in [6.45, 7) is 3.01. The first kappa shape index (κ1) is 21.4. The van der Waals surface area contributed by atoms with Gasteiger partial charge in [-0.3, -0.25) is 4.79 Å². The number of nitrogens with one attached hydrogen (secondary N) is 1. The van der Waals surface area contributed by atoms with E-state index in [4.69, 9.17) is 4.74 Å². The van der Waals surface area contributed by atoms with Gasteiger partial charge in [0.1, 0.15) is 11.5 Å². The predicted octanol–water partition coefficient (Wildman–Crippen LogP) is 3.65. The van der Waals surface area contributed by atoms with Crippen molar-refractivity contribution in [2.24, 2.45) is 0 Å². The van der Waals surface area contributed by atoms with Crippen LogP contribution in [0.5, 0.6) is 5.75 Å². The van der Waals surface area contributed by atoms with E-state index in [1.807, 2.05) is 31.2 Å². The largest absolute Gasteiger partial charge is 0.494 e. The van der Waals surface area contributed by atoms with Gasteiger partial charge >= 0.3 is 0 Å². The van der Waals surface area contributed by atoms with Crippen LogP contribution in [0.4, 0.5) is 0 Å². The van der Waals surface area contributed by atoms with Crippen molar-refractivity contribution in [2.75, 3.05) is 18.9 Å². The second kappa shape index (κ2) is 10.5. The lowest BCUT2D eigenvalue weighted by atomic mass is 10.2. The molecule has 0 saturated carbocycles. The Kier molecular flexibility index (Phi) is 8.31. The fourth-order valence-electron chi connectivity index (χ4n) is 2.42. The fraction of sp³-hybridized carbons (Fsp3) is 0.350. The molecular weight excluding hydrogens is 430 g/mol. The maximum Gasteiger partial charge on any atom is 0.235 e. The Bertz CT molecular complexity index is 833. The average Bonchev–Trinajstić information content (AvgIpc) is 2.61. The molecule has 2 rings (SSSR count). The van der Waals surface area contributed by atoms with Crippen molar-refractivity contribution in [2.45, 2.75) is 25.5 Å². The van der Waals surface area contributed by atoms with E-state index in [1.165, 1.54) is 5.56 Å². The number of unbranched alkanes of at least 4 members (excludes halogenated alkanes) is 1. The van der Waals surface area contributed by atoms with Crippen molar-refractivity contribution in [1.29, 1.82) is 0 Å². The normalized spacial score (nSPS) is 11.2. The SMILES string of the molecule is Cc1ccc(OCCCCNC(=O)CS(=O)(=O)Cc2ccc(Br)cc2)cc1. The number of carbonyl (C=O) groups excluding carboxylic acids is 1. The van der Waals surface area contributed by atoms with Gasteiger partial charge in [-0.1, -0.05) is 45.8 Å². The monoisotopic (exact) mass is 453 g/mol. The first-order valence-electron chi connectivity index (χ1n) is 8.75. The van der Waals surface area contributed by atoms with Crippen molar-refractivity contribution in [3.05, 3.63) is 64.1 Å². The van der Waals surface area contributed by atoms with Crippen LogP contribution in [-0.4, -0.2) is 33.2 Å². The zero-order valence-electron chi connectivity index (χ0n) is 15.3. The first-order valence-corrected chi connectivity index (χ1v) is 11.4. The highest BCUT2D eigenvalue weighted by Gasteiger charge is 2.17. The number of sulfone groups is 1. The van der Waals surface area contributed by atoms with E-state index in [-0.39, 0.29) is 5.75 Å². The number of benzene rings is 2. The van der Waals surface area contributed by atoms with Crippen LogP contribution in [-0.2, 0) is 20.4 Å². The van der Waals surface area contributed by atoms with Gasteiger partial charge in [-0.15, -0.1) is 0 Å². The summed E-state index contributed by atoms with van der Waals surface area (Å²) >= 11 is 3.31. The molecule has 2 aromatic carbocycles. The van der Waals surface area contributed by atoms with Crippen molar-refractivity contribution >= 4 is 31.7 Å². The van der Waals surface area contributed by atoms with Gasteiger partial charge in [-0.05, 0) is 49.6 Å². The van der Waals surface area contributed by atoms with Gasteiger partial charge < -0.3 is 10.1 Å². The molecule has 0 bridgehead atoms. The number of aryl methyl sites for hydroxylation is 1. The van der Waals surface area contributed by atoms with Gasteiger partial charge in [-0.2, -0.15) is 0 Å². The molecular formula is C20H24BrNO4S. The van der Waals surface area contributed by atoms with Crippen LogP contribution < -0.4 is 10.1 Å². The lowest BCUT2D eigenvalue weighted by Gasteiger charge is -2.08. The molecule has 7 heteroatoms. The van der Waals surface area contributed by atoms with Crippen molar-refractivity contribution < 1.29 is 17.9 Å². The Morgan fingerprint density at radius 1 is 1.04 bits per heavy atom. The van der Waals surface area contributed by atoms with Crippen molar-refractivity contribution in [1.82, 2.24) is 5.32 Å². The van der Waals surface area contributed by atoms with Gasteiger partial charge in [-0.25, -0.2) is 8.42 Å². The smallest absolute Gasteiger partial charge is 0.235 e. The van der Waals surface area contributed by atoms with Gasteiger partial charge in [0.05, 0.1) is 12.4 Å². The maximum absolute atomic E-state index is 12.1. The Labute approximate surface area is 169 Å². The third kappa shape index (κ3) is 8.58. The van der Waals surface area contributed by atoms with E-state index >= 15 is 0 Å². The van der Waals surface area contributed by atoms with E-state index in [9.17, 15) is 13.2 Å². The van der Waals surface area contributed by atoms with Crippen molar-refractivity contribution in [3.63, 3.8) is 0 Å². The van der Waals surface area contributed by atoms with E-state index in [1.54, 1.807) is 24.3 Å². The highest BCUT2D eigenvalue weighted by atomic mass is 79.9. The minimum atomic E-state index is -3.49. The van der Waals surface area contributed by atoms with E-state index in [2.05, 4.69) is 21.2 Å². The highest BCUT2D eigenvalue weighted by molar-refractivity contribution is 9.10. The number of hydrogen-bond donors (Lipinski definition) is 1. The summed E-state index contributed by atoms with van der Waals surface area (Å²) in [5.41, 5.74) is 1.85. The molecule has 0 heterocycles. The molecule has 0 aliphatic carbocycles. The lowest BCUT2D eigenvalue weighted by molar-refractivity contribution is -0.118. The van der Waals surface area contributed by atoms with Crippen LogP contribution in [0.1, 0.15) is 24.0 Å². The molecule has 0 radical (unpaired) electrons. The Morgan fingerprint density at radius 2 is 1.70 bits per heavy atom. The number of halogens is 1. The number of rotatable bonds is 10. The average molecular weight is 454 g/mol. The molecule has 0 aromatic heterocycles. The van der Waals surface area contributed by atoms with Gasteiger partial charge in [0.15, 0.2) is 9.84 Å². The molecule has 1 amide bonds. The van der Waals surface area contributed by atoms with Crippen LogP contribution in [0, 0.1) is 6.92 Å². The van der Waals surface area contributed by atoms with Crippen LogP contribution in [0.15, 0.2) is 53.0 Å². The van der Waals surface area contributed by atoms with Crippen LogP contribution in [0.2, 0.25) is 0 Å². The molecule has 1 N–H and O–H groups in total. The van der Waals surface area contributed by atoms with E-state index in [0.717, 1.165) is 23.1 Å². The standard InChI is InChI=1S/C20H24BrNO4S/c1-16-4-10-19(11-5-16)26-13-3-2-12-22-20(23)15-27(24,25)14-17-6-8-18(21)9-7-17/h4-11H,2-3,12-15H2,1H3,(H,22,23). The second-order valence-corrected chi connectivity index (χ2v) is 9.36. The van der Waals surface area contributed by atoms with Gasteiger partial charge in [0, 0.05) is 11.0 Å². The summed E-state index contributed by atoms with van der Waals surface area (Å²) in [5.74, 6) is -0.281. The maximum atomic E-state index is 12.1. The van der Waals surface area contributed by atoms with E-state index in [0.29, 0.717) is 18.7 Å². The van der Waals surface area contributed by atoms with Gasteiger partial charge in [0.25, 0.3) is 0 Å². The summed E-state index contributed by atoms with van der Waals surface area (Å²) < 4.78 is 30.7. The molecule has 0 spiro atoms. The lowest BCUT2D eigenvalue weighted by Crippen LogP contribution is -2.31. The highest BCUT2D eigenvalue weighted by Crippen LogP contribution is 2.13. The minimum Gasteiger partial charge on any atom is -0.494 e. The summed E-state index contributed by atoms with van der Waals surface area (Å²) in [5, 5.41) is 2.66. The molecule has 0 aliphatic rings. The number of amides is 1. The first-order chi connectivity index (χ1) is 12.8. The number of carbonyl (C=O) groups is 1. The topological polar surface area (TPSA) is 72.5 Å². The molecule has 5 nitrogen and oxygen atoms in total. The fourth-order valence-corrected chi connectivity index (χ4v) is 3.98. The van der Waals surface area contributed by atoms with E-state index < -0.39 is 21.5 Å². The molecule has 0 fully saturated rings. The van der Waals surface area contributed by atoms with Crippen LogP contribution in [0.25, 0.3) is 0 Å². The van der Waals surface area contributed by atoms with Crippen LogP contribution in [0.3, 0.4) is 0 Å². The van der Waals surface area contributed by atoms with Crippen molar-refractivity contribution in [3.8, 4) is 5.75 Å². The molecule has 27 heavy (non-hydrogen) atoms. The van der Waals surface area contributed by atoms with Gasteiger partial charge in [0.2, 0.25) is 5.91 Å². The zero-order chi connectivity index (χ0) is 19.7. The second-order valence-electron chi connectivity index (χ2n) is 6.38. The zero-order valence-corrected chi connectivity index (χ0v) is 17.7. The van der Waals surface area contributed by atoms with Crippen LogP contribution >= 0.6 is 15.9 Å². The molecule has 146 valence electrons. The third-order valence-corrected chi connectivity index (χ3v) is 5.84. The molecule has 2 aromatic rings. The molecule has 0 saturated heterocycles. The Hall–Kier alpha value is -1.86. The summed E-state index contributed by atoms with van der Waals surface area (Å²) in [7, 11) is -3.49.